The van der Waals surface area contributed by atoms with Gasteiger partial charge in [0.15, 0.2) is 0 Å². The summed E-state index contributed by atoms with van der Waals surface area (Å²) < 4.78 is 0. The van der Waals surface area contributed by atoms with Crippen LogP contribution in [0.3, 0.4) is 0 Å². The van der Waals surface area contributed by atoms with Gasteiger partial charge < -0.3 is 0 Å². The van der Waals surface area contributed by atoms with Crippen molar-refractivity contribution in [1.29, 1.82) is 0 Å². The van der Waals surface area contributed by atoms with E-state index in [2.05, 4.69) is 6.92 Å². The molecule has 1 aliphatic carbocycles. The molecule has 0 amide bonds. The number of thioether (sulfide) groups is 1. The van der Waals surface area contributed by atoms with Gasteiger partial charge in [-0.1, -0.05) is 26.2 Å². The van der Waals surface area contributed by atoms with Crippen molar-refractivity contribution in [1.82, 2.24) is 0 Å². The van der Waals surface area contributed by atoms with E-state index in [1.165, 1.54) is 19.3 Å². The van der Waals surface area contributed by atoms with E-state index < -0.39 is 0 Å². The quantitative estimate of drug-likeness (QED) is 0.671. The molecule has 1 rings (SSSR count). The molecule has 0 heterocycles. The third kappa shape index (κ3) is 3.18. The van der Waals surface area contributed by atoms with Crippen LogP contribution in [0, 0.1) is 5.92 Å². The fraction of sp³-hybridized carbons (Fsp3) is 0.900. The molecule has 70 valence electrons. The highest BCUT2D eigenvalue weighted by molar-refractivity contribution is 7.99. The highest BCUT2D eigenvalue weighted by Crippen LogP contribution is 2.25. The number of Topliss-reactive ketones (excluding diaryl/α,β-unsaturated/α-hetero) is 1. The van der Waals surface area contributed by atoms with Crippen molar-refractivity contribution in [2.75, 3.05) is 11.5 Å². The molecular weight excluding hydrogens is 168 g/mol. The topological polar surface area (TPSA) is 17.1 Å². The SMILES string of the molecule is CCSCC(=O)C1CCCCC1. The van der Waals surface area contributed by atoms with Crippen molar-refractivity contribution in [2.45, 2.75) is 39.0 Å². The van der Waals surface area contributed by atoms with Crippen LogP contribution >= 0.6 is 11.8 Å². The molecule has 1 saturated carbocycles. The number of carbonyl (C=O) groups excluding carboxylic acids is 1. The Bertz CT molecular complexity index is 139. The number of hydrogen-bond acceptors (Lipinski definition) is 2. The molecule has 0 aromatic carbocycles. The first-order valence-corrected chi connectivity index (χ1v) is 6.10. The Morgan fingerprint density at radius 3 is 2.58 bits per heavy atom. The first-order valence-electron chi connectivity index (χ1n) is 4.95. The molecule has 0 aromatic heterocycles. The van der Waals surface area contributed by atoms with Gasteiger partial charge in [-0.2, -0.15) is 11.8 Å². The number of carbonyl (C=O) groups is 1. The Labute approximate surface area is 79.3 Å². The van der Waals surface area contributed by atoms with E-state index in [0.29, 0.717) is 11.7 Å². The Balaban J connectivity index is 2.20. The maximum atomic E-state index is 11.5. The maximum Gasteiger partial charge on any atom is 0.145 e. The van der Waals surface area contributed by atoms with Crippen LogP contribution in [0.25, 0.3) is 0 Å². The molecule has 1 fully saturated rings. The molecule has 0 aromatic rings. The molecule has 0 radical (unpaired) electrons. The van der Waals surface area contributed by atoms with Crippen molar-refractivity contribution < 1.29 is 4.79 Å². The summed E-state index contributed by atoms with van der Waals surface area (Å²) in [7, 11) is 0. The predicted molar refractivity (Wildman–Crippen MR) is 54.6 cm³/mol. The van der Waals surface area contributed by atoms with Crippen LogP contribution < -0.4 is 0 Å². The van der Waals surface area contributed by atoms with Crippen LogP contribution in [0.1, 0.15) is 39.0 Å². The zero-order valence-electron chi connectivity index (χ0n) is 7.84. The summed E-state index contributed by atoms with van der Waals surface area (Å²) in [5.41, 5.74) is 0. The third-order valence-electron chi connectivity index (χ3n) is 2.51. The van der Waals surface area contributed by atoms with Gasteiger partial charge in [0.25, 0.3) is 0 Å². The molecule has 1 aliphatic rings. The highest BCUT2D eigenvalue weighted by Gasteiger charge is 2.19. The summed E-state index contributed by atoms with van der Waals surface area (Å²) in [5, 5.41) is 0. The lowest BCUT2D eigenvalue weighted by Gasteiger charge is -2.19. The second-order valence-electron chi connectivity index (χ2n) is 3.44. The summed E-state index contributed by atoms with van der Waals surface area (Å²) >= 11 is 1.76. The lowest BCUT2D eigenvalue weighted by molar-refractivity contribution is -0.121. The fourth-order valence-corrected chi connectivity index (χ4v) is 2.39. The van der Waals surface area contributed by atoms with Crippen LogP contribution in [0.5, 0.6) is 0 Å². The van der Waals surface area contributed by atoms with Gasteiger partial charge in [0.2, 0.25) is 0 Å². The van der Waals surface area contributed by atoms with Gasteiger partial charge >= 0.3 is 0 Å². The number of rotatable bonds is 4. The average Bonchev–Trinajstić information content (AvgIpc) is 2.15. The normalized spacial score (nSPS) is 19.4. The molecule has 2 heteroatoms. The summed E-state index contributed by atoms with van der Waals surface area (Å²) in [6.07, 6.45) is 6.19. The lowest BCUT2D eigenvalue weighted by Crippen LogP contribution is -2.19. The van der Waals surface area contributed by atoms with Crippen molar-refractivity contribution in [2.24, 2.45) is 5.92 Å². The van der Waals surface area contributed by atoms with E-state index in [-0.39, 0.29) is 0 Å². The van der Waals surface area contributed by atoms with Crippen LogP contribution in [-0.4, -0.2) is 17.3 Å². The van der Waals surface area contributed by atoms with Gasteiger partial charge in [-0.25, -0.2) is 0 Å². The Morgan fingerprint density at radius 1 is 1.33 bits per heavy atom. The smallest absolute Gasteiger partial charge is 0.145 e. The summed E-state index contributed by atoms with van der Waals surface area (Å²) in [5.74, 6) is 2.74. The fourth-order valence-electron chi connectivity index (χ4n) is 1.75. The van der Waals surface area contributed by atoms with Gasteiger partial charge in [0, 0.05) is 5.92 Å². The van der Waals surface area contributed by atoms with Crippen LogP contribution in [-0.2, 0) is 4.79 Å². The maximum absolute atomic E-state index is 11.5. The first-order chi connectivity index (χ1) is 5.84. The van der Waals surface area contributed by atoms with Crippen LogP contribution in [0.4, 0.5) is 0 Å². The second-order valence-corrected chi connectivity index (χ2v) is 4.71. The minimum atomic E-state index is 0.415. The molecule has 0 aliphatic heterocycles. The molecule has 0 N–H and O–H groups in total. The highest BCUT2D eigenvalue weighted by atomic mass is 32.2. The molecule has 1 nitrogen and oxygen atoms in total. The molecule has 0 saturated heterocycles. The van der Waals surface area contributed by atoms with Gasteiger partial charge in [-0.05, 0) is 18.6 Å². The third-order valence-corrected chi connectivity index (χ3v) is 3.41. The molecule has 0 atom stereocenters. The summed E-state index contributed by atoms with van der Waals surface area (Å²) in [6, 6.07) is 0. The second kappa shape index (κ2) is 5.63. The molecule has 12 heavy (non-hydrogen) atoms. The number of ketones is 1. The molecule has 0 spiro atoms. The van der Waals surface area contributed by atoms with E-state index in [4.69, 9.17) is 0 Å². The van der Waals surface area contributed by atoms with E-state index >= 15 is 0 Å². The predicted octanol–water partition coefficient (Wildman–Crippen LogP) is 2.89. The van der Waals surface area contributed by atoms with E-state index in [0.717, 1.165) is 24.3 Å². The molecule has 0 unspecified atom stereocenters. The van der Waals surface area contributed by atoms with E-state index in [1.807, 2.05) is 0 Å². The number of hydrogen-bond donors (Lipinski definition) is 0. The van der Waals surface area contributed by atoms with E-state index in [1.54, 1.807) is 11.8 Å². The zero-order chi connectivity index (χ0) is 8.81. The summed E-state index contributed by atoms with van der Waals surface area (Å²) in [6.45, 7) is 2.11. The van der Waals surface area contributed by atoms with Crippen molar-refractivity contribution in [3.8, 4) is 0 Å². The Morgan fingerprint density at radius 2 is 2.00 bits per heavy atom. The van der Waals surface area contributed by atoms with Gasteiger partial charge in [0.1, 0.15) is 5.78 Å². The average molecular weight is 186 g/mol. The minimum Gasteiger partial charge on any atom is -0.298 e. The monoisotopic (exact) mass is 186 g/mol. The summed E-state index contributed by atoms with van der Waals surface area (Å²) in [4.78, 5) is 11.5. The first kappa shape index (κ1) is 10.1. The van der Waals surface area contributed by atoms with Crippen molar-refractivity contribution in [3.63, 3.8) is 0 Å². The van der Waals surface area contributed by atoms with Crippen LogP contribution in [0.15, 0.2) is 0 Å². The van der Waals surface area contributed by atoms with Gasteiger partial charge in [0.05, 0.1) is 5.75 Å². The molecule has 0 bridgehead atoms. The van der Waals surface area contributed by atoms with Crippen molar-refractivity contribution >= 4 is 17.5 Å². The van der Waals surface area contributed by atoms with Gasteiger partial charge in [-0.15, -0.1) is 0 Å². The van der Waals surface area contributed by atoms with Gasteiger partial charge in [-0.3, -0.25) is 4.79 Å². The lowest BCUT2D eigenvalue weighted by atomic mass is 9.87. The van der Waals surface area contributed by atoms with Crippen molar-refractivity contribution in [3.05, 3.63) is 0 Å². The van der Waals surface area contributed by atoms with Crippen LogP contribution in [0.2, 0.25) is 0 Å². The zero-order valence-corrected chi connectivity index (χ0v) is 8.66. The standard InChI is InChI=1S/C10H18OS/c1-2-12-8-10(11)9-6-4-3-5-7-9/h9H,2-8H2,1H3. The Kier molecular flexibility index (Phi) is 4.74. The Hall–Kier alpha value is 0.0200. The minimum absolute atomic E-state index is 0.415. The molecular formula is C10H18OS. The van der Waals surface area contributed by atoms with E-state index in [9.17, 15) is 4.79 Å². The largest absolute Gasteiger partial charge is 0.298 e.